The molecule has 22 heavy (non-hydrogen) atoms. The van der Waals surface area contributed by atoms with Gasteiger partial charge in [-0.15, -0.1) is 11.3 Å². The number of hydrogen-bond acceptors (Lipinski definition) is 4. The molecule has 0 spiro atoms. The highest BCUT2D eigenvalue weighted by Crippen LogP contribution is 2.19. The fourth-order valence-electron chi connectivity index (χ4n) is 2.62. The summed E-state index contributed by atoms with van der Waals surface area (Å²) in [6, 6.07) is 0. The number of hydrogen-bond donors (Lipinski definition) is 1. The minimum Gasteiger partial charge on any atom is -0.355 e. The van der Waals surface area contributed by atoms with Crippen molar-refractivity contribution >= 4 is 23.2 Å². The Bertz CT molecular complexity index is 519. The maximum absolute atomic E-state index is 12.1. The van der Waals surface area contributed by atoms with Crippen molar-refractivity contribution in [3.8, 4) is 0 Å². The molecule has 0 bridgehead atoms. The van der Waals surface area contributed by atoms with Gasteiger partial charge in [0.05, 0.1) is 10.7 Å². The Kier molecular flexibility index (Phi) is 5.94. The number of rotatable bonds is 5. The summed E-state index contributed by atoms with van der Waals surface area (Å²) in [5.41, 5.74) is 1.06. The Morgan fingerprint density at radius 3 is 2.64 bits per heavy atom. The number of carbonyl (C=O) groups excluding carboxylic acids is 2. The molecule has 2 heterocycles. The van der Waals surface area contributed by atoms with Crippen LogP contribution in [0.4, 0.5) is 0 Å². The first-order chi connectivity index (χ1) is 10.5. The van der Waals surface area contributed by atoms with E-state index in [4.69, 9.17) is 0 Å². The van der Waals surface area contributed by atoms with Crippen LogP contribution in [0.3, 0.4) is 0 Å². The van der Waals surface area contributed by atoms with Gasteiger partial charge in [0.2, 0.25) is 11.8 Å². The van der Waals surface area contributed by atoms with Crippen LogP contribution < -0.4 is 5.32 Å². The van der Waals surface area contributed by atoms with Gasteiger partial charge in [-0.25, -0.2) is 4.98 Å². The van der Waals surface area contributed by atoms with E-state index >= 15 is 0 Å². The minimum atomic E-state index is 0.0391. The molecule has 2 rings (SSSR count). The van der Waals surface area contributed by atoms with Gasteiger partial charge in [0.15, 0.2) is 0 Å². The Morgan fingerprint density at radius 2 is 2.09 bits per heavy atom. The van der Waals surface area contributed by atoms with Crippen LogP contribution in [0.15, 0.2) is 5.38 Å². The average molecular weight is 323 g/mol. The predicted octanol–water partition coefficient (Wildman–Crippen LogP) is 2.18. The summed E-state index contributed by atoms with van der Waals surface area (Å²) in [5.74, 6) is 0.711. The summed E-state index contributed by atoms with van der Waals surface area (Å²) in [7, 11) is 0. The molecule has 0 aliphatic carbocycles. The Balaban J connectivity index is 1.70. The predicted molar refractivity (Wildman–Crippen MR) is 87.9 cm³/mol. The van der Waals surface area contributed by atoms with Gasteiger partial charge in [-0.3, -0.25) is 9.59 Å². The largest absolute Gasteiger partial charge is 0.355 e. The van der Waals surface area contributed by atoms with E-state index in [1.54, 1.807) is 18.3 Å². The lowest BCUT2D eigenvalue weighted by Gasteiger charge is -2.30. The van der Waals surface area contributed by atoms with Crippen molar-refractivity contribution in [1.29, 1.82) is 0 Å². The Labute approximate surface area is 136 Å². The van der Waals surface area contributed by atoms with Crippen LogP contribution >= 0.6 is 11.3 Å². The topological polar surface area (TPSA) is 62.3 Å². The molecule has 1 aliphatic rings. The maximum atomic E-state index is 12.1. The molecular weight excluding hydrogens is 298 g/mol. The monoisotopic (exact) mass is 323 g/mol. The fraction of sp³-hybridized carbons (Fsp3) is 0.688. The quantitative estimate of drug-likeness (QED) is 0.903. The third kappa shape index (κ3) is 4.53. The molecule has 1 N–H and O–H groups in total. The van der Waals surface area contributed by atoms with E-state index in [9.17, 15) is 9.59 Å². The number of nitrogens with one attached hydrogen (secondary N) is 1. The lowest BCUT2D eigenvalue weighted by atomic mass is 9.96. The zero-order chi connectivity index (χ0) is 16.1. The lowest BCUT2D eigenvalue weighted by molar-refractivity contribution is -0.133. The van der Waals surface area contributed by atoms with Crippen LogP contribution in [0.1, 0.15) is 50.2 Å². The number of nitrogens with zero attached hydrogens (tertiary/aromatic N) is 2. The van der Waals surface area contributed by atoms with Gasteiger partial charge < -0.3 is 10.2 Å². The van der Waals surface area contributed by atoms with E-state index in [1.165, 1.54) is 0 Å². The van der Waals surface area contributed by atoms with Crippen LogP contribution in [0.25, 0.3) is 0 Å². The van der Waals surface area contributed by atoms with Gasteiger partial charge >= 0.3 is 0 Å². The van der Waals surface area contributed by atoms with E-state index in [2.05, 4.69) is 29.5 Å². The smallest absolute Gasteiger partial charge is 0.223 e. The molecule has 1 aliphatic heterocycles. The average Bonchev–Trinajstić information content (AvgIpc) is 2.96. The second-order valence-electron chi connectivity index (χ2n) is 6.15. The minimum absolute atomic E-state index is 0.0391. The molecule has 0 unspecified atom stereocenters. The third-order valence-electron chi connectivity index (χ3n) is 4.05. The van der Waals surface area contributed by atoms with Gasteiger partial charge in [-0.05, 0) is 12.8 Å². The zero-order valence-electron chi connectivity index (χ0n) is 13.6. The number of likely N-dealkylation sites (tertiary alicyclic amines) is 1. The molecular formula is C16H25N3O2S. The molecule has 1 saturated heterocycles. The van der Waals surface area contributed by atoms with E-state index in [1.807, 2.05) is 4.90 Å². The molecule has 5 nitrogen and oxygen atoms in total. The summed E-state index contributed by atoms with van der Waals surface area (Å²) in [4.78, 5) is 29.8. The van der Waals surface area contributed by atoms with Crippen LogP contribution in [0, 0.1) is 5.92 Å². The summed E-state index contributed by atoms with van der Waals surface area (Å²) >= 11 is 1.69. The number of carbonyl (C=O) groups is 2. The van der Waals surface area contributed by atoms with Gasteiger partial charge in [0, 0.05) is 50.2 Å². The number of aromatic nitrogens is 1. The standard InChI is InChI=1S/C16H25N3O2S/c1-11(2)16-18-14(10-22-16)4-7-17-15(21)13-5-8-19(9-6-13)12(3)20/h10-11,13H,4-9H2,1-3H3,(H,17,21). The van der Waals surface area contributed by atoms with Crippen molar-refractivity contribution in [1.82, 2.24) is 15.2 Å². The molecule has 1 fully saturated rings. The molecule has 0 atom stereocenters. The Hall–Kier alpha value is -1.43. The van der Waals surface area contributed by atoms with Crippen molar-refractivity contribution < 1.29 is 9.59 Å². The van der Waals surface area contributed by atoms with Crippen LogP contribution in [0.5, 0.6) is 0 Å². The summed E-state index contributed by atoms with van der Waals surface area (Å²) < 4.78 is 0. The van der Waals surface area contributed by atoms with Gasteiger partial charge in [-0.1, -0.05) is 13.8 Å². The molecule has 122 valence electrons. The molecule has 6 heteroatoms. The lowest BCUT2D eigenvalue weighted by Crippen LogP contribution is -2.42. The number of piperidine rings is 1. The van der Waals surface area contributed by atoms with E-state index < -0.39 is 0 Å². The third-order valence-corrected chi connectivity index (χ3v) is 5.25. The molecule has 1 aromatic rings. The van der Waals surface area contributed by atoms with E-state index in [0.29, 0.717) is 25.6 Å². The van der Waals surface area contributed by atoms with Gasteiger partial charge in [-0.2, -0.15) is 0 Å². The first-order valence-electron chi connectivity index (χ1n) is 7.95. The fourth-order valence-corrected chi connectivity index (χ4v) is 3.49. The second kappa shape index (κ2) is 7.72. The van der Waals surface area contributed by atoms with Crippen molar-refractivity contribution in [3.63, 3.8) is 0 Å². The zero-order valence-corrected chi connectivity index (χ0v) is 14.4. The first kappa shape index (κ1) is 16.9. The number of thiazole rings is 1. The SMILES string of the molecule is CC(=O)N1CCC(C(=O)NCCc2csc(C(C)C)n2)CC1. The summed E-state index contributed by atoms with van der Waals surface area (Å²) in [5, 5.41) is 6.23. The summed E-state index contributed by atoms with van der Waals surface area (Å²) in [6.45, 7) is 7.87. The Morgan fingerprint density at radius 1 is 1.41 bits per heavy atom. The van der Waals surface area contributed by atoms with E-state index in [-0.39, 0.29) is 17.7 Å². The second-order valence-corrected chi connectivity index (χ2v) is 7.04. The van der Waals surface area contributed by atoms with Crippen molar-refractivity contribution in [2.24, 2.45) is 5.92 Å². The molecule has 0 radical (unpaired) electrons. The maximum Gasteiger partial charge on any atom is 0.223 e. The van der Waals surface area contributed by atoms with Gasteiger partial charge in [0.25, 0.3) is 0 Å². The highest BCUT2D eigenvalue weighted by atomic mass is 32.1. The molecule has 1 aromatic heterocycles. The van der Waals surface area contributed by atoms with E-state index in [0.717, 1.165) is 30.0 Å². The normalized spacial score (nSPS) is 16.1. The van der Waals surface area contributed by atoms with Crippen molar-refractivity contribution in [3.05, 3.63) is 16.1 Å². The first-order valence-corrected chi connectivity index (χ1v) is 8.83. The molecule has 0 saturated carbocycles. The van der Waals surface area contributed by atoms with Crippen LogP contribution in [-0.2, 0) is 16.0 Å². The highest BCUT2D eigenvalue weighted by Gasteiger charge is 2.25. The summed E-state index contributed by atoms with van der Waals surface area (Å²) in [6.07, 6.45) is 2.31. The molecule has 2 amide bonds. The molecule has 0 aromatic carbocycles. The van der Waals surface area contributed by atoms with Crippen molar-refractivity contribution in [2.75, 3.05) is 19.6 Å². The van der Waals surface area contributed by atoms with Crippen LogP contribution in [0.2, 0.25) is 0 Å². The van der Waals surface area contributed by atoms with Crippen LogP contribution in [-0.4, -0.2) is 41.3 Å². The van der Waals surface area contributed by atoms with Gasteiger partial charge in [0.1, 0.15) is 0 Å². The van der Waals surface area contributed by atoms with Crippen molar-refractivity contribution in [2.45, 2.75) is 46.0 Å². The highest BCUT2D eigenvalue weighted by molar-refractivity contribution is 7.09. The number of amides is 2.